The molecule has 1 spiro atoms. The van der Waals surface area contributed by atoms with Crippen LogP contribution in [0.25, 0.3) is 0 Å². The minimum Gasteiger partial charge on any atom is -0.375 e. The van der Waals surface area contributed by atoms with E-state index in [1.165, 1.54) is 6.42 Å². The number of rotatable bonds is 2. The summed E-state index contributed by atoms with van der Waals surface area (Å²) in [7, 11) is 1.59. The molecule has 1 atom stereocenters. The highest BCUT2D eigenvalue weighted by Gasteiger charge is 2.43. The molecule has 0 radical (unpaired) electrons. The van der Waals surface area contributed by atoms with Crippen LogP contribution in [0.1, 0.15) is 44.0 Å². The zero-order valence-electron chi connectivity index (χ0n) is 10.8. The van der Waals surface area contributed by atoms with Crippen molar-refractivity contribution in [2.75, 3.05) is 6.61 Å². The van der Waals surface area contributed by atoms with Gasteiger partial charge >= 0.3 is 0 Å². The van der Waals surface area contributed by atoms with Gasteiger partial charge in [0.05, 0.1) is 5.60 Å². The van der Waals surface area contributed by atoms with Crippen LogP contribution in [-0.2, 0) is 13.8 Å². The molecular weight excluding hydrogens is 288 g/mol. The van der Waals surface area contributed by atoms with Crippen molar-refractivity contribution in [2.45, 2.75) is 55.7 Å². The maximum atomic E-state index is 11.3. The molecule has 2 aliphatic rings. The fourth-order valence-electron chi connectivity index (χ4n) is 3.10. The van der Waals surface area contributed by atoms with E-state index in [-0.39, 0.29) is 16.7 Å². The molecule has 1 unspecified atom stereocenters. The molecule has 0 bridgehead atoms. The second kappa shape index (κ2) is 4.46. The number of ether oxygens (including phenoxy) is 1. The summed E-state index contributed by atoms with van der Waals surface area (Å²) in [5.74, 6) is 0.695. The summed E-state index contributed by atoms with van der Waals surface area (Å²) in [6.07, 6.45) is 6.82. The molecule has 7 heteroatoms. The van der Waals surface area contributed by atoms with E-state index in [0.29, 0.717) is 5.82 Å². The summed E-state index contributed by atoms with van der Waals surface area (Å²) in [4.78, 5) is 4.05. The molecule has 3 rings (SSSR count). The Balaban J connectivity index is 1.87. The lowest BCUT2D eigenvalue weighted by atomic mass is 9.74. The Kier molecular flexibility index (Phi) is 3.15. The van der Waals surface area contributed by atoms with Crippen molar-refractivity contribution in [3.8, 4) is 0 Å². The average molecular weight is 305 g/mol. The fourth-order valence-corrected chi connectivity index (χ4v) is 3.81. The van der Waals surface area contributed by atoms with Gasteiger partial charge in [-0.25, -0.2) is 13.4 Å². The number of aromatic nitrogens is 2. The molecule has 0 amide bonds. The van der Waals surface area contributed by atoms with Crippen LogP contribution in [0.4, 0.5) is 0 Å². The molecule has 0 aromatic carbocycles. The van der Waals surface area contributed by atoms with Gasteiger partial charge in [-0.1, -0.05) is 0 Å². The molecule has 2 heterocycles. The molecule has 0 N–H and O–H groups in total. The number of hydrogen-bond acceptors (Lipinski definition) is 4. The van der Waals surface area contributed by atoms with Crippen molar-refractivity contribution < 1.29 is 13.2 Å². The topological polar surface area (TPSA) is 61.2 Å². The Morgan fingerprint density at radius 3 is 2.79 bits per heavy atom. The normalized spacial score (nSPS) is 26.3. The Morgan fingerprint density at radius 1 is 1.53 bits per heavy atom. The van der Waals surface area contributed by atoms with Gasteiger partial charge < -0.3 is 9.30 Å². The molecule has 19 heavy (non-hydrogen) atoms. The number of nitrogens with zero attached hydrogens (tertiary/aromatic N) is 2. The molecule has 2 fully saturated rings. The van der Waals surface area contributed by atoms with Crippen molar-refractivity contribution in [3.63, 3.8) is 0 Å². The van der Waals surface area contributed by atoms with Gasteiger partial charge in [-0.05, 0) is 39.0 Å². The second-order valence-electron chi connectivity index (χ2n) is 5.50. The Morgan fingerprint density at radius 2 is 2.26 bits per heavy atom. The third kappa shape index (κ3) is 2.41. The standard InChI is InChI=1S/C12H17ClN2O3S/c1-9-14-11(19(13,16)17)8-15(9)10-3-6-18-12(7-10)4-2-5-12/h8,10H,2-7H2,1H3. The summed E-state index contributed by atoms with van der Waals surface area (Å²) in [6, 6.07) is 0.258. The van der Waals surface area contributed by atoms with E-state index in [1.807, 2.05) is 11.5 Å². The van der Waals surface area contributed by atoms with Crippen LogP contribution in [0.3, 0.4) is 0 Å². The molecule has 1 aliphatic carbocycles. The van der Waals surface area contributed by atoms with Crippen LogP contribution in [0, 0.1) is 6.92 Å². The van der Waals surface area contributed by atoms with Crippen molar-refractivity contribution >= 4 is 19.7 Å². The third-order valence-electron chi connectivity index (χ3n) is 4.27. The SMILES string of the molecule is Cc1nc(S(=O)(=O)Cl)cn1C1CCOC2(CCC2)C1. The highest BCUT2D eigenvalue weighted by molar-refractivity contribution is 8.13. The smallest absolute Gasteiger partial charge is 0.280 e. The maximum absolute atomic E-state index is 11.3. The summed E-state index contributed by atoms with van der Waals surface area (Å²) >= 11 is 0. The van der Waals surface area contributed by atoms with Gasteiger partial charge in [0.25, 0.3) is 9.05 Å². The maximum Gasteiger partial charge on any atom is 0.280 e. The minimum atomic E-state index is -3.75. The number of aryl methyl sites for hydroxylation is 1. The number of hydrogen-bond donors (Lipinski definition) is 0. The number of halogens is 1. The first-order chi connectivity index (χ1) is 8.90. The third-order valence-corrected chi connectivity index (χ3v) is 5.44. The second-order valence-corrected chi connectivity index (χ2v) is 8.02. The van der Waals surface area contributed by atoms with Crippen LogP contribution in [0.2, 0.25) is 0 Å². The zero-order chi connectivity index (χ0) is 13.7. The summed E-state index contributed by atoms with van der Waals surface area (Å²) in [5, 5.41) is -0.0548. The van der Waals surface area contributed by atoms with E-state index < -0.39 is 9.05 Å². The predicted molar refractivity (Wildman–Crippen MR) is 70.8 cm³/mol. The first-order valence-corrected chi connectivity index (χ1v) is 8.85. The van der Waals surface area contributed by atoms with Gasteiger partial charge in [0.15, 0.2) is 5.03 Å². The van der Waals surface area contributed by atoms with Gasteiger partial charge in [-0.15, -0.1) is 0 Å². The molecule has 5 nitrogen and oxygen atoms in total. The lowest BCUT2D eigenvalue weighted by Gasteiger charge is -2.47. The van der Waals surface area contributed by atoms with E-state index >= 15 is 0 Å². The molecule has 1 aromatic heterocycles. The molecule has 1 saturated carbocycles. The minimum absolute atomic E-state index is 0.0274. The predicted octanol–water partition coefficient (Wildman–Crippen LogP) is 2.39. The quantitative estimate of drug-likeness (QED) is 0.787. The van der Waals surface area contributed by atoms with Crippen LogP contribution in [-0.4, -0.2) is 30.2 Å². The van der Waals surface area contributed by atoms with E-state index in [2.05, 4.69) is 4.98 Å². The van der Waals surface area contributed by atoms with Gasteiger partial charge in [0.2, 0.25) is 0 Å². The monoisotopic (exact) mass is 304 g/mol. The average Bonchev–Trinajstić information content (AvgIpc) is 2.69. The highest BCUT2D eigenvalue weighted by atomic mass is 35.7. The van der Waals surface area contributed by atoms with Crippen molar-refractivity contribution in [2.24, 2.45) is 0 Å². The van der Waals surface area contributed by atoms with Crippen molar-refractivity contribution in [1.29, 1.82) is 0 Å². The van der Waals surface area contributed by atoms with E-state index in [9.17, 15) is 8.42 Å². The summed E-state index contributed by atoms with van der Waals surface area (Å²) in [5.41, 5.74) is 0.0274. The first-order valence-electron chi connectivity index (χ1n) is 6.54. The van der Waals surface area contributed by atoms with Crippen molar-refractivity contribution in [3.05, 3.63) is 12.0 Å². The van der Waals surface area contributed by atoms with Gasteiger partial charge in [0, 0.05) is 29.5 Å². The van der Waals surface area contributed by atoms with E-state index in [0.717, 1.165) is 32.3 Å². The van der Waals surface area contributed by atoms with Crippen LogP contribution in [0.5, 0.6) is 0 Å². The van der Waals surface area contributed by atoms with Gasteiger partial charge in [0.1, 0.15) is 5.82 Å². The summed E-state index contributed by atoms with van der Waals surface area (Å²) < 4.78 is 30.5. The largest absolute Gasteiger partial charge is 0.375 e. The van der Waals surface area contributed by atoms with Crippen molar-refractivity contribution in [1.82, 2.24) is 9.55 Å². The van der Waals surface area contributed by atoms with Crippen LogP contribution >= 0.6 is 10.7 Å². The lowest BCUT2D eigenvalue weighted by Crippen LogP contribution is -2.45. The molecule has 1 aliphatic heterocycles. The first kappa shape index (κ1) is 13.4. The molecule has 1 aromatic rings. The van der Waals surface area contributed by atoms with E-state index in [4.69, 9.17) is 15.4 Å². The Labute approximate surface area is 117 Å². The highest BCUT2D eigenvalue weighted by Crippen LogP contribution is 2.45. The Bertz CT molecular complexity index is 592. The van der Waals surface area contributed by atoms with Crippen LogP contribution in [0.15, 0.2) is 11.2 Å². The molecule has 1 saturated heterocycles. The fraction of sp³-hybridized carbons (Fsp3) is 0.750. The Hall–Kier alpha value is -0.590. The zero-order valence-corrected chi connectivity index (χ0v) is 12.4. The van der Waals surface area contributed by atoms with Gasteiger partial charge in [-0.2, -0.15) is 0 Å². The molecular formula is C12H17ClN2O3S. The van der Waals surface area contributed by atoms with E-state index in [1.54, 1.807) is 6.20 Å². The van der Waals surface area contributed by atoms with Gasteiger partial charge in [-0.3, -0.25) is 0 Å². The molecule has 106 valence electrons. The number of imidazole rings is 1. The summed E-state index contributed by atoms with van der Waals surface area (Å²) in [6.45, 7) is 2.54. The van der Waals surface area contributed by atoms with Crippen LogP contribution < -0.4 is 0 Å². The lowest BCUT2D eigenvalue weighted by molar-refractivity contribution is -0.140.